The zero-order chi connectivity index (χ0) is 30.2. The molecule has 2 atom stereocenters. The fourth-order valence-corrected chi connectivity index (χ4v) is 5.79. The van der Waals surface area contributed by atoms with Gasteiger partial charge in [0.25, 0.3) is 10.0 Å². The van der Waals surface area contributed by atoms with Crippen LogP contribution in [-0.2, 0) is 26.2 Å². The molecule has 0 aliphatic heterocycles. The molecule has 41 heavy (non-hydrogen) atoms. The summed E-state index contributed by atoms with van der Waals surface area (Å²) in [5.41, 5.74) is 3.11. The molecule has 9 heteroatoms. The number of hydrogen-bond acceptors (Lipinski definition) is 5. The Morgan fingerprint density at radius 2 is 1.51 bits per heavy atom. The first kappa shape index (κ1) is 31.7. The highest BCUT2D eigenvalue weighted by molar-refractivity contribution is 7.92. The average Bonchev–Trinajstić information content (AvgIpc) is 2.96. The predicted octanol–water partition coefficient (Wildman–Crippen LogP) is 5.23. The molecule has 8 nitrogen and oxygen atoms in total. The number of benzene rings is 3. The van der Waals surface area contributed by atoms with E-state index in [1.54, 1.807) is 36.4 Å². The first-order chi connectivity index (χ1) is 19.5. The number of nitrogens with one attached hydrogen (secondary N) is 1. The molecule has 2 unspecified atom stereocenters. The monoisotopic (exact) mass is 579 g/mol. The summed E-state index contributed by atoms with van der Waals surface area (Å²) in [4.78, 5) is 29.1. The largest absolute Gasteiger partial charge is 0.497 e. The van der Waals surface area contributed by atoms with Crippen LogP contribution >= 0.6 is 0 Å². The van der Waals surface area contributed by atoms with E-state index in [0.29, 0.717) is 12.2 Å². The Morgan fingerprint density at radius 1 is 0.902 bits per heavy atom. The maximum absolute atomic E-state index is 14.2. The van der Waals surface area contributed by atoms with E-state index in [4.69, 9.17) is 4.74 Å². The third-order valence-electron chi connectivity index (χ3n) is 7.09. The minimum absolute atomic E-state index is 0.0605. The molecular weight excluding hydrogens is 538 g/mol. The maximum Gasteiger partial charge on any atom is 0.264 e. The van der Waals surface area contributed by atoms with E-state index in [0.717, 1.165) is 27.4 Å². The van der Waals surface area contributed by atoms with Crippen molar-refractivity contribution < 1.29 is 22.7 Å². The van der Waals surface area contributed by atoms with Crippen LogP contribution in [0.4, 0.5) is 5.69 Å². The minimum atomic E-state index is -4.15. The molecule has 0 radical (unpaired) electrons. The number of ether oxygens (including phenoxy) is 1. The molecule has 0 saturated carbocycles. The third kappa shape index (κ3) is 8.10. The van der Waals surface area contributed by atoms with E-state index in [1.165, 1.54) is 24.1 Å². The van der Waals surface area contributed by atoms with Gasteiger partial charge >= 0.3 is 0 Å². The van der Waals surface area contributed by atoms with Gasteiger partial charge in [-0.05, 0) is 63.4 Å². The summed E-state index contributed by atoms with van der Waals surface area (Å²) in [6.45, 7) is 9.24. The van der Waals surface area contributed by atoms with Crippen LogP contribution in [0, 0.1) is 13.8 Å². The number of nitrogens with zero attached hydrogens (tertiary/aromatic N) is 2. The van der Waals surface area contributed by atoms with Gasteiger partial charge in [-0.1, -0.05) is 67.4 Å². The molecule has 0 saturated heterocycles. The summed E-state index contributed by atoms with van der Waals surface area (Å²) < 4.78 is 34.4. The van der Waals surface area contributed by atoms with Gasteiger partial charge in [-0.2, -0.15) is 0 Å². The standard InChI is InChI=1S/C32H41N3O5S/c1-7-25(5)33-32(37)30(8-2)34(21-26-16-12-23(3)13-17-26)31(36)22-35(27-10-9-11-28(20-27)40-6)41(38,39)29-18-14-24(4)15-19-29/h9-20,25,30H,7-8,21-22H2,1-6H3,(H,33,37). The zero-order valence-electron chi connectivity index (χ0n) is 24.8. The number of sulfonamides is 1. The summed E-state index contributed by atoms with van der Waals surface area (Å²) in [5.74, 6) is -0.304. The summed E-state index contributed by atoms with van der Waals surface area (Å²) in [5, 5.41) is 2.99. The lowest BCUT2D eigenvalue weighted by Crippen LogP contribution is -2.53. The second kappa shape index (κ2) is 14.2. The number of methoxy groups -OCH3 is 1. The number of anilines is 1. The third-order valence-corrected chi connectivity index (χ3v) is 8.88. The predicted molar refractivity (Wildman–Crippen MR) is 162 cm³/mol. The van der Waals surface area contributed by atoms with Crippen molar-refractivity contribution in [2.45, 2.75) is 71.0 Å². The maximum atomic E-state index is 14.2. The average molecular weight is 580 g/mol. The lowest BCUT2D eigenvalue weighted by Gasteiger charge is -2.33. The van der Waals surface area contributed by atoms with Gasteiger partial charge in [-0.25, -0.2) is 8.42 Å². The molecule has 3 rings (SSSR count). The lowest BCUT2D eigenvalue weighted by molar-refractivity contribution is -0.140. The van der Waals surface area contributed by atoms with Crippen molar-refractivity contribution in [1.29, 1.82) is 0 Å². The SMILES string of the molecule is CCC(C)NC(=O)C(CC)N(Cc1ccc(C)cc1)C(=O)CN(c1cccc(OC)c1)S(=O)(=O)c1ccc(C)cc1. The van der Waals surface area contributed by atoms with Gasteiger partial charge in [-0.15, -0.1) is 0 Å². The Bertz CT molecular complexity index is 1420. The van der Waals surface area contributed by atoms with E-state index in [1.807, 2.05) is 58.9 Å². The van der Waals surface area contributed by atoms with E-state index < -0.39 is 28.5 Å². The molecule has 220 valence electrons. The van der Waals surface area contributed by atoms with E-state index >= 15 is 0 Å². The first-order valence-corrected chi connectivity index (χ1v) is 15.3. The number of amides is 2. The lowest BCUT2D eigenvalue weighted by atomic mass is 10.1. The van der Waals surface area contributed by atoms with Crippen molar-refractivity contribution in [1.82, 2.24) is 10.2 Å². The van der Waals surface area contributed by atoms with Gasteiger partial charge in [0.1, 0.15) is 18.3 Å². The fraction of sp³-hybridized carbons (Fsp3) is 0.375. The number of carbonyl (C=O) groups is 2. The fourth-order valence-electron chi connectivity index (χ4n) is 4.38. The quantitative estimate of drug-likeness (QED) is 0.299. The van der Waals surface area contributed by atoms with Crippen LogP contribution in [0.15, 0.2) is 77.7 Å². The summed E-state index contributed by atoms with van der Waals surface area (Å²) >= 11 is 0. The van der Waals surface area contributed by atoms with Crippen molar-refractivity contribution in [2.75, 3.05) is 18.0 Å². The van der Waals surface area contributed by atoms with Crippen LogP contribution in [0.5, 0.6) is 5.75 Å². The molecular formula is C32H41N3O5S. The zero-order valence-corrected chi connectivity index (χ0v) is 25.6. The summed E-state index contributed by atoms with van der Waals surface area (Å²) in [6.07, 6.45) is 1.11. The van der Waals surface area contributed by atoms with Crippen LogP contribution in [-0.4, -0.2) is 50.9 Å². The number of hydrogen-bond donors (Lipinski definition) is 1. The first-order valence-electron chi connectivity index (χ1n) is 13.9. The van der Waals surface area contributed by atoms with Crippen LogP contribution in [0.2, 0.25) is 0 Å². The van der Waals surface area contributed by atoms with Crippen LogP contribution in [0.25, 0.3) is 0 Å². The molecule has 0 spiro atoms. The molecule has 0 aromatic heterocycles. The smallest absolute Gasteiger partial charge is 0.264 e. The molecule has 2 amide bonds. The topological polar surface area (TPSA) is 96.0 Å². The highest BCUT2D eigenvalue weighted by atomic mass is 32.2. The van der Waals surface area contributed by atoms with Crippen molar-refractivity contribution in [3.63, 3.8) is 0 Å². The number of aryl methyl sites for hydroxylation is 2. The van der Waals surface area contributed by atoms with Crippen molar-refractivity contribution in [3.05, 3.63) is 89.5 Å². The second-order valence-corrected chi connectivity index (χ2v) is 12.1. The van der Waals surface area contributed by atoms with Crippen molar-refractivity contribution in [3.8, 4) is 5.75 Å². The Hall–Kier alpha value is -3.85. The van der Waals surface area contributed by atoms with Crippen LogP contribution in [0.3, 0.4) is 0 Å². The Balaban J connectivity index is 2.07. The molecule has 0 fully saturated rings. The van der Waals surface area contributed by atoms with Gasteiger partial charge in [0.15, 0.2) is 0 Å². The van der Waals surface area contributed by atoms with E-state index in [-0.39, 0.29) is 29.1 Å². The molecule has 0 aliphatic carbocycles. The Labute approximate surface area is 244 Å². The van der Waals surface area contributed by atoms with Crippen molar-refractivity contribution in [2.24, 2.45) is 0 Å². The van der Waals surface area contributed by atoms with E-state index in [2.05, 4.69) is 5.32 Å². The highest BCUT2D eigenvalue weighted by Gasteiger charge is 2.34. The van der Waals surface area contributed by atoms with Gasteiger partial charge in [0.2, 0.25) is 11.8 Å². The van der Waals surface area contributed by atoms with Gasteiger partial charge < -0.3 is 15.0 Å². The van der Waals surface area contributed by atoms with Gasteiger partial charge in [0.05, 0.1) is 17.7 Å². The Kier molecular flexibility index (Phi) is 10.9. The minimum Gasteiger partial charge on any atom is -0.497 e. The second-order valence-electron chi connectivity index (χ2n) is 10.3. The summed E-state index contributed by atoms with van der Waals surface area (Å²) in [6, 6.07) is 19.9. The molecule has 0 aliphatic rings. The van der Waals surface area contributed by atoms with Crippen LogP contribution < -0.4 is 14.4 Å². The molecule has 0 heterocycles. The van der Waals surface area contributed by atoms with Crippen LogP contribution in [0.1, 0.15) is 50.3 Å². The van der Waals surface area contributed by atoms with Gasteiger partial charge in [-0.3, -0.25) is 13.9 Å². The normalized spacial score (nSPS) is 12.7. The van der Waals surface area contributed by atoms with Gasteiger partial charge in [0, 0.05) is 18.7 Å². The van der Waals surface area contributed by atoms with Crippen molar-refractivity contribution >= 4 is 27.5 Å². The number of carbonyl (C=O) groups excluding carboxylic acids is 2. The number of rotatable bonds is 13. The Morgan fingerprint density at radius 3 is 2.07 bits per heavy atom. The molecule has 0 bridgehead atoms. The molecule has 1 N–H and O–H groups in total. The highest BCUT2D eigenvalue weighted by Crippen LogP contribution is 2.28. The summed E-state index contributed by atoms with van der Waals surface area (Å²) in [7, 11) is -2.65. The van der Waals surface area contributed by atoms with E-state index in [9.17, 15) is 18.0 Å². The molecule has 3 aromatic rings. The molecule has 3 aromatic carbocycles.